The number of hydrogen-bond acceptors (Lipinski definition) is 4. The molecule has 11 heteroatoms. The van der Waals surface area contributed by atoms with Gasteiger partial charge >= 0.3 is 12.1 Å². The fourth-order valence-corrected chi connectivity index (χ4v) is 3.04. The highest BCUT2D eigenvalue weighted by Crippen LogP contribution is 2.29. The maximum absolute atomic E-state index is 13.1. The molecule has 1 unspecified atom stereocenters. The van der Waals surface area contributed by atoms with Crippen molar-refractivity contribution in [2.24, 2.45) is 0 Å². The zero-order valence-corrected chi connectivity index (χ0v) is 18.3. The average Bonchev–Trinajstić information content (AvgIpc) is 2.71. The van der Waals surface area contributed by atoms with Gasteiger partial charge in [0.15, 0.2) is 0 Å². The molecule has 178 valence electrons. The molecule has 0 aromatic heterocycles. The number of aliphatic carboxylic acids is 1. The molecular formula is C21H28F3N3O5. The molecule has 32 heavy (non-hydrogen) atoms. The molecule has 0 fully saturated rings. The fourth-order valence-electron chi connectivity index (χ4n) is 3.04. The van der Waals surface area contributed by atoms with E-state index in [-0.39, 0.29) is 19.5 Å². The molecule has 0 aliphatic rings. The van der Waals surface area contributed by atoms with Crippen LogP contribution in [0.2, 0.25) is 0 Å². The largest absolute Gasteiger partial charge is 0.480 e. The molecule has 1 rings (SSSR count). The van der Waals surface area contributed by atoms with Crippen LogP contribution in [0.25, 0.3) is 0 Å². The van der Waals surface area contributed by atoms with Gasteiger partial charge in [-0.3, -0.25) is 19.2 Å². The molecule has 3 amide bonds. The molecule has 1 aromatic carbocycles. The van der Waals surface area contributed by atoms with E-state index in [1.807, 2.05) is 6.92 Å². The predicted octanol–water partition coefficient (Wildman–Crippen LogP) is 1.88. The molecular weight excluding hydrogens is 431 g/mol. The first-order valence-electron chi connectivity index (χ1n) is 9.98. The molecule has 0 radical (unpaired) electrons. The van der Waals surface area contributed by atoms with Crippen LogP contribution >= 0.6 is 0 Å². The summed E-state index contributed by atoms with van der Waals surface area (Å²) in [6.07, 6.45) is -2.94. The first-order chi connectivity index (χ1) is 14.9. The van der Waals surface area contributed by atoms with E-state index in [2.05, 4.69) is 0 Å². The number of carboxylic acids is 1. The Bertz CT molecular complexity index is 799. The van der Waals surface area contributed by atoms with Crippen LogP contribution in [0, 0.1) is 0 Å². The summed E-state index contributed by atoms with van der Waals surface area (Å²) in [5.41, 5.74) is -0.475. The highest BCUT2D eigenvalue weighted by Gasteiger charge is 2.34. The first kappa shape index (κ1) is 26.9. The van der Waals surface area contributed by atoms with Gasteiger partial charge in [0.25, 0.3) is 0 Å². The van der Waals surface area contributed by atoms with E-state index in [0.29, 0.717) is 24.8 Å². The van der Waals surface area contributed by atoms with E-state index in [9.17, 15) is 32.3 Å². The van der Waals surface area contributed by atoms with Crippen LogP contribution in [0.5, 0.6) is 0 Å². The van der Waals surface area contributed by atoms with Crippen LogP contribution in [-0.4, -0.2) is 83.8 Å². The normalized spacial score (nSPS) is 12.1. The van der Waals surface area contributed by atoms with Crippen LogP contribution in [0.1, 0.15) is 30.9 Å². The second-order valence-electron chi connectivity index (χ2n) is 7.46. The number of benzene rings is 1. The lowest BCUT2D eigenvalue weighted by molar-refractivity contribution is -0.149. The molecule has 0 heterocycles. The fraction of sp³-hybridized carbons (Fsp3) is 0.524. The van der Waals surface area contributed by atoms with Gasteiger partial charge in [-0.15, -0.1) is 0 Å². The number of rotatable bonds is 12. The first-order valence-corrected chi connectivity index (χ1v) is 9.98. The average molecular weight is 459 g/mol. The number of nitrogens with zero attached hydrogens (tertiary/aromatic N) is 3. The summed E-state index contributed by atoms with van der Waals surface area (Å²) in [4.78, 5) is 51.3. The standard InChI is InChI=1S/C21H28F3N3O5/c1-4-5-10-27(18(29)12-25(2)14-28)17(20(32)26(3)13-19(30)31)11-15-6-8-16(9-7-15)21(22,23)24/h6-9,14,17H,4-5,10-13H2,1-3H3,(H,30,31). The number of unbranched alkanes of at least 4 members (excludes halogenated alkanes) is 1. The maximum Gasteiger partial charge on any atom is 0.416 e. The van der Waals surface area contributed by atoms with E-state index < -0.39 is 42.1 Å². The van der Waals surface area contributed by atoms with Gasteiger partial charge in [-0.05, 0) is 24.1 Å². The van der Waals surface area contributed by atoms with Crippen molar-refractivity contribution in [1.29, 1.82) is 0 Å². The van der Waals surface area contributed by atoms with Gasteiger partial charge in [0.05, 0.1) is 12.1 Å². The lowest BCUT2D eigenvalue weighted by Crippen LogP contribution is -2.54. The molecule has 0 bridgehead atoms. The van der Waals surface area contributed by atoms with Gasteiger partial charge in [-0.1, -0.05) is 25.5 Å². The summed E-state index contributed by atoms with van der Waals surface area (Å²) >= 11 is 0. The van der Waals surface area contributed by atoms with Gasteiger partial charge in [-0.2, -0.15) is 13.2 Å². The molecule has 1 N–H and O–H groups in total. The Balaban J connectivity index is 3.30. The van der Waals surface area contributed by atoms with Gasteiger partial charge in [-0.25, -0.2) is 0 Å². The third-order valence-corrected chi connectivity index (χ3v) is 4.76. The minimum absolute atomic E-state index is 0.110. The molecule has 0 saturated heterocycles. The molecule has 8 nitrogen and oxygen atoms in total. The van der Waals surface area contributed by atoms with E-state index in [0.717, 1.165) is 21.9 Å². The third kappa shape index (κ3) is 8.20. The summed E-state index contributed by atoms with van der Waals surface area (Å²) in [5, 5.41) is 9.02. The van der Waals surface area contributed by atoms with Crippen molar-refractivity contribution in [2.75, 3.05) is 33.7 Å². The molecule has 0 spiro atoms. The molecule has 1 atom stereocenters. The summed E-state index contributed by atoms with van der Waals surface area (Å²) < 4.78 is 38.6. The van der Waals surface area contributed by atoms with Gasteiger partial charge < -0.3 is 19.8 Å². The van der Waals surface area contributed by atoms with Crippen molar-refractivity contribution in [3.05, 3.63) is 35.4 Å². The molecule has 0 aliphatic carbocycles. The zero-order chi connectivity index (χ0) is 24.5. The topological polar surface area (TPSA) is 98.2 Å². The Morgan fingerprint density at radius 1 is 1.09 bits per heavy atom. The van der Waals surface area contributed by atoms with Crippen LogP contribution in [-0.2, 0) is 31.8 Å². The smallest absolute Gasteiger partial charge is 0.416 e. The second-order valence-corrected chi connectivity index (χ2v) is 7.46. The summed E-state index contributed by atoms with van der Waals surface area (Å²) in [6, 6.07) is 3.07. The minimum atomic E-state index is -4.52. The predicted molar refractivity (Wildman–Crippen MR) is 110 cm³/mol. The van der Waals surface area contributed by atoms with E-state index >= 15 is 0 Å². The Morgan fingerprint density at radius 2 is 1.69 bits per heavy atom. The van der Waals surface area contributed by atoms with Crippen molar-refractivity contribution in [3.63, 3.8) is 0 Å². The number of carboxylic acid groups (broad SMARTS) is 1. The number of carbonyl (C=O) groups is 4. The Labute approximate surface area is 184 Å². The third-order valence-electron chi connectivity index (χ3n) is 4.76. The van der Waals surface area contributed by atoms with Crippen LogP contribution in [0.3, 0.4) is 0 Å². The van der Waals surface area contributed by atoms with Crippen molar-refractivity contribution < 1.29 is 37.5 Å². The number of carbonyl (C=O) groups excluding carboxylic acids is 3. The van der Waals surface area contributed by atoms with Crippen molar-refractivity contribution in [1.82, 2.24) is 14.7 Å². The Morgan fingerprint density at radius 3 is 2.16 bits per heavy atom. The maximum atomic E-state index is 13.1. The summed E-state index contributed by atoms with van der Waals surface area (Å²) in [5.74, 6) is -2.44. The number of halogens is 3. The lowest BCUT2D eigenvalue weighted by atomic mass is 10.0. The molecule has 0 saturated carbocycles. The van der Waals surface area contributed by atoms with Gasteiger partial charge in [0, 0.05) is 27.1 Å². The minimum Gasteiger partial charge on any atom is -0.480 e. The van der Waals surface area contributed by atoms with Crippen molar-refractivity contribution >= 4 is 24.2 Å². The monoisotopic (exact) mass is 459 g/mol. The number of alkyl halides is 3. The highest BCUT2D eigenvalue weighted by molar-refractivity contribution is 5.90. The van der Waals surface area contributed by atoms with Crippen LogP contribution in [0.4, 0.5) is 13.2 Å². The number of likely N-dealkylation sites (N-methyl/N-ethyl adjacent to an activating group) is 2. The van der Waals surface area contributed by atoms with Crippen molar-refractivity contribution in [3.8, 4) is 0 Å². The summed E-state index contributed by atoms with van der Waals surface area (Å²) in [7, 11) is 2.67. The van der Waals surface area contributed by atoms with E-state index in [1.54, 1.807) is 0 Å². The van der Waals surface area contributed by atoms with E-state index in [4.69, 9.17) is 5.11 Å². The van der Waals surface area contributed by atoms with Gasteiger partial charge in [0.2, 0.25) is 18.2 Å². The second kappa shape index (κ2) is 12.1. The van der Waals surface area contributed by atoms with Crippen molar-refractivity contribution in [2.45, 2.75) is 38.4 Å². The van der Waals surface area contributed by atoms with Gasteiger partial charge in [0.1, 0.15) is 12.6 Å². The van der Waals surface area contributed by atoms with Crippen LogP contribution in [0.15, 0.2) is 24.3 Å². The Kier molecular flexibility index (Phi) is 10.1. The summed E-state index contributed by atoms with van der Waals surface area (Å²) in [6.45, 7) is 1.14. The van der Waals surface area contributed by atoms with E-state index in [1.165, 1.54) is 31.1 Å². The number of amides is 3. The highest BCUT2D eigenvalue weighted by atomic mass is 19.4. The molecule has 0 aliphatic heterocycles. The quantitative estimate of drug-likeness (QED) is 0.482. The molecule has 1 aromatic rings. The Hall–Kier alpha value is -3.11. The number of hydrogen-bond donors (Lipinski definition) is 1. The lowest BCUT2D eigenvalue weighted by Gasteiger charge is -2.34. The SMILES string of the molecule is CCCCN(C(=O)CN(C)C=O)C(Cc1ccc(C(F)(F)F)cc1)C(=O)N(C)CC(=O)O. The van der Waals surface area contributed by atoms with Crippen LogP contribution < -0.4 is 0 Å². The zero-order valence-electron chi connectivity index (χ0n) is 18.3.